The van der Waals surface area contributed by atoms with E-state index in [0.717, 1.165) is 0 Å². The number of aliphatic hydroxyl groups excluding tert-OH is 1. The lowest BCUT2D eigenvalue weighted by molar-refractivity contribution is -0.238. The number of Topliss-reactive ketones (excluding diaryl/α,β-unsaturated/α-hetero) is 1. The zero-order chi connectivity index (χ0) is 29.4. The van der Waals surface area contributed by atoms with Crippen LogP contribution in [0.1, 0.15) is 74.1 Å². The van der Waals surface area contributed by atoms with Crippen molar-refractivity contribution in [1.29, 1.82) is 0 Å². The van der Waals surface area contributed by atoms with Crippen molar-refractivity contribution in [3.05, 3.63) is 24.0 Å². The average molecular weight is 595 g/mol. The van der Waals surface area contributed by atoms with E-state index in [2.05, 4.69) is 45.7 Å². The average Bonchev–Trinajstić information content (AvgIpc) is 3.32. The number of fused-ring (bicyclic) bond motifs is 2. The third kappa shape index (κ3) is 4.38. The summed E-state index contributed by atoms with van der Waals surface area (Å²) in [6, 6.07) is 0. The first-order chi connectivity index (χ1) is 17.8. The van der Waals surface area contributed by atoms with Gasteiger partial charge in [0.25, 0.3) is 0 Å². The highest BCUT2D eigenvalue weighted by molar-refractivity contribution is 7.87. The molecule has 2 heterocycles. The predicted molar refractivity (Wildman–Crippen MR) is 141 cm³/mol. The maximum atomic E-state index is 13.5. The second kappa shape index (κ2) is 9.67. The number of halogens is 3. The van der Waals surface area contributed by atoms with Crippen molar-refractivity contribution in [1.82, 2.24) is 0 Å². The van der Waals surface area contributed by atoms with Gasteiger partial charge in [0.05, 0.1) is 5.92 Å². The van der Waals surface area contributed by atoms with E-state index in [1.54, 1.807) is 19.1 Å². The topological polar surface area (TPSA) is 99.1 Å². The normalized spacial score (nSPS) is 36.5. The summed E-state index contributed by atoms with van der Waals surface area (Å²) < 4.78 is 80.9. The van der Waals surface area contributed by atoms with Crippen LogP contribution in [0.25, 0.3) is 0 Å². The summed E-state index contributed by atoms with van der Waals surface area (Å²) in [4.78, 5) is 13.5. The fourth-order valence-electron chi connectivity index (χ4n) is 8.22. The molecular formula is C27H41F3O7SSi. The zero-order valence-corrected chi connectivity index (χ0v) is 25.5. The smallest absolute Gasteiger partial charge is 0.416 e. The van der Waals surface area contributed by atoms with Crippen LogP contribution in [0.4, 0.5) is 13.2 Å². The maximum Gasteiger partial charge on any atom is 0.534 e. The van der Waals surface area contributed by atoms with Crippen molar-refractivity contribution >= 4 is 24.2 Å². The molecule has 6 atom stereocenters. The highest BCUT2D eigenvalue weighted by Gasteiger charge is 2.70. The van der Waals surface area contributed by atoms with Gasteiger partial charge in [-0.2, -0.15) is 21.6 Å². The van der Waals surface area contributed by atoms with Gasteiger partial charge < -0.3 is 18.5 Å². The molecule has 0 radical (unpaired) electrons. The molecule has 2 aliphatic carbocycles. The minimum Gasteiger partial charge on any atom is -0.416 e. The number of rotatable bonds is 9. The largest absolute Gasteiger partial charge is 0.534 e. The lowest BCUT2D eigenvalue weighted by Gasteiger charge is -2.57. The molecule has 1 saturated carbocycles. The van der Waals surface area contributed by atoms with Crippen molar-refractivity contribution in [3.8, 4) is 0 Å². The van der Waals surface area contributed by atoms with Crippen LogP contribution in [0.2, 0.25) is 16.6 Å². The van der Waals surface area contributed by atoms with Crippen molar-refractivity contribution in [2.75, 3.05) is 6.61 Å². The van der Waals surface area contributed by atoms with Crippen molar-refractivity contribution in [3.63, 3.8) is 0 Å². The monoisotopic (exact) mass is 594 g/mol. The molecule has 2 aliphatic heterocycles. The Morgan fingerprint density at radius 1 is 1.13 bits per heavy atom. The minimum absolute atomic E-state index is 0.181. The molecule has 7 nitrogen and oxygen atoms in total. The van der Waals surface area contributed by atoms with E-state index in [9.17, 15) is 31.5 Å². The van der Waals surface area contributed by atoms with Gasteiger partial charge in [-0.3, -0.25) is 4.79 Å². The van der Waals surface area contributed by atoms with Gasteiger partial charge >= 0.3 is 15.6 Å². The summed E-state index contributed by atoms with van der Waals surface area (Å²) in [5.74, 6) is -1.85. The van der Waals surface area contributed by atoms with Gasteiger partial charge in [0, 0.05) is 24.4 Å². The Morgan fingerprint density at radius 3 is 2.26 bits per heavy atom. The molecule has 0 aromatic heterocycles. The number of alkyl halides is 3. The van der Waals surface area contributed by atoms with Gasteiger partial charge in [-0.1, -0.05) is 60.6 Å². The maximum absolute atomic E-state index is 13.5. The van der Waals surface area contributed by atoms with E-state index >= 15 is 0 Å². The van der Waals surface area contributed by atoms with Crippen LogP contribution in [-0.2, 0) is 28.3 Å². The molecule has 0 amide bonds. The van der Waals surface area contributed by atoms with Crippen LogP contribution in [-0.4, -0.2) is 57.0 Å². The lowest BCUT2D eigenvalue weighted by atomic mass is 9.55. The number of carbonyl (C=O) groups is 1. The number of hydrogen-bond donors (Lipinski definition) is 1. The Balaban J connectivity index is 1.60. The van der Waals surface area contributed by atoms with Crippen LogP contribution >= 0.6 is 0 Å². The fourth-order valence-corrected chi connectivity index (χ4v) is 14.3. The van der Waals surface area contributed by atoms with E-state index in [4.69, 9.17) is 9.16 Å². The molecular weight excluding hydrogens is 553 g/mol. The zero-order valence-electron chi connectivity index (χ0n) is 23.7. The molecule has 0 unspecified atom stereocenters. The number of hydrogen-bond acceptors (Lipinski definition) is 7. The summed E-state index contributed by atoms with van der Waals surface area (Å²) in [7, 11) is -8.06. The summed E-state index contributed by atoms with van der Waals surface area (Å²) >= 11 is 0. The van der Waals surface area contributed by atoms with Gasteiger partial charge in [-0.15, -0.1) is 0 Å². The van der Waals surface area contributed by atoms with Gasteiger partial charge in [0.2, 0.25) is 0 Å². The second-order valence-electron chi connectivity index (χ2n) is 12.8. The molecule has 2 bridgehead atoms. The van der Waals surface area contributed by atoms with Gasteiger partial charge in [-0.05, 0) is 42.0 Å². The number of ketones is 1. The number of aliphatic hydroxyl groups is 1. The Bertz CT molecular complexity index is 1140. The molecule has 1 N–H and O–H groups in total. The Morgan fingerprint density at radius 2 is 1.72 bits per heavy atom. The van der Waals surface area contributed by atoms with Crippen molar-refractivity contribution < 1.29 is 44.8 Å². The standard InChI is InChI=1S/C27H41F3O7SSi/c1-16(2)39(17(3)4,18(5)6)35-15-14-25-12-13-26(37-25)19(22(31)23(25)32)10-11-24(7)20(26)8-9-21(24)36-38(33,34)27(28,29)30/h9,12-13,16-20,23,32H,8,10-11,14-15H2,1-7H3/t19-,20-,23-,24+,25-,26-/m1/s1. The fraction of sp³-hybridized carbons (Fsp3) is 0.815. The second-order valence-corrected chi connectivity index (χ2v) is 19.8. The highest BCUT2D eigenvalue weighted by Crippen LogP contribution is 2.65. The van der Waals surface area contributed by atoms with E-state index in [-0.39, 0.29) is 43.8 Å². The number of ether oxygens (including phenoxy) is 1. The summed E-state index contributed by atoms with van der Waals surface area (Å²) in [5.41, 5.74) is -8.12. The van der Waals surface area contributed by atoms with E-state index in [1.807, 2.05) is 0 Å². The quantitative estimate of drug-likeness (QED) is 0.157. The number of allylic oxidation sites excluding steroid dienone is 2. The molecule has 1 spiro atoms. The molecule has 222 valence electrons. The molecule has 4 rings (SSSR count). The van der Waals surface area contributed by atoms with Crippen LogP contribution in [0.15, 0.2) is 24.0 Å². The third-order valence-electron chi connectivity index (χ3n) is 10.0. The molecule has 12 heteroatoms. The highest BCUT2D eigenvalue weighted by atomic mass is 32.2. The summed E-state index contributed by atoms with van der Waals surface area (Å²) in [5, 5.41) is 11.2. The Labute approximate surface area is 230 Å². The summed E-state index contributed by atoms with van der Waals surface area (Å²) in [6.07, 6.45) is 4.34. The van der Waals surface area contributed by atoms with Crippen LogP contribution in [0.5, 0.6) is 0 Å². The van der Waals surface area contributed by atoms with Crippen LogP contribution in [0, 0.1) is 17.3 Å². The van der Waals surface area contributed by atoms with Gasteiger partial charge in [0.1, 0.15) is 23.1 Å². The van der Waals surface area contributed by atoms with E-state index in [1.165, 1.54) is 6.08 Å². The SMILES string of the molecule is CC(C)[Si](OCC[C@@]12C=C[C@@]3(O1)[C@H](CC[C@]1(C)C(OS(=O)(=O)C(F)(F)F)=CC[C@@H]31)C(=O)[C@H]2O)(C(C)C)C(C)C. The first-order valence-corrected chi connectivity index (χ1v) is 17.3. The first kappa shape index (κ1) is 30.7. The van der Waals surface area contributed by atoms with Gasteiger partial charge in [-0.25, -0.2) is 0 Å². The molecule has 0 aromatic rings. The van der Waals surface area contributed by atoms with Gasteiger partial charge in [0.15, 0.2) is 14.1 Å². The van der Waals surface area contributed by atoms with Crippen LogP contribution < -0.4 is 0 Å². The minimum atomic E-state index is -5.84. The third-order valence-corrected chi connectivity index (χ3v) is 17.1. The molecule has 4 aliphatic rings. The van der Waals surface area contributed by atoms with Crippen molar-refractivity contribution in [2.45, 2.75) is 114 Å². The lowest BCUT2D eigenvalue weighted by Crippen LogP contribution is -2.66. The molecule has 2 fully saturated rings. The molecule has 1 saturated heterocycles. The van der Waals surface area contributed by atoms with Crippen LogP contribution in [0.3, 0.4) is 0 Å². The predicted octanol–water partition coefficient (Wildman–Crippen LogP) is 5.76. The van der Waals surface area contributed by atoms with E-state index < -0.39 is 58.5 Å². The van der Waals surface area contributed by atoms with E-state index in [0.29, 0.717) is 16.6 Å². The first-order valence-electron chi connectivity index (χ1n) is 13.8. The Hall–Kier alpha value is -1.21. The molecule has 0 aromatic carbocycles. The number of carbonyl (C=O) groups excluding carboxylic acids is 1. The van der Waals surface area contributed by atoms with Crippen molar-refractivity contribution in [2.24, 2.45) is 17.3 Å². The molecule has 39 heavy (non-hydrogen) atoms. The Kier molecular flexibility index (Phi) is 7.62. The summed E-state index contributed by atoms with van der Waals surface area (Å²) in [6.45, 7) is 15.0.